The topological polar surface area (TPSA) is 46.6 Å². The Labute approximate surface area is 128 Å². The number of hydrogen-bond acceptors (Lipinski definition) is 3. The van der Waals surface area contributed by atoms with Crippen molar-refractivity contribution in [3.8, 4) is 0 Å². The molecule has 1 saturated heterocycles. The van der Waals surface area contributed by atoms with Crippen molar-refractivity contribution >= 4 is 43.6 Å². The maximum atomic E-state index is 12.4. The van der Waals surface area contributed by atoms with Gasteiger partial charge in [-0.1, -0.05) is 62.2 Å². The van der Waals surface area contributed by atoms with Crippen LogP contribution in [-0.2, 0) is 9.53 Å². The van der Waals surface area contributed by atoms with Gasteiger partial charge in [0.1, 0.15) is 0 Å². The average molecular weight is 391 g/mol. The van der Waals surface area contributed by atoms with Crippen LogP contribution in [0.2, 0.25) is 0 Å². The van der Waals surface area contributed by atoms with Crippen molar-refractivity contribution in [1.29, 1.82) is 0 Å². The normalized spacial score (nSPS) is 16.2. The van der Waals surface area contributed by atoms with Gasteiger partial charge in [0.2, 0.25) is 3.23 Å². The number of nitrogens with zero attached hydrogens (tertiary/aromatic N) is 1. The molecule has 0 bridgehead atoms. The highest BCUT2D eigenvalue weighted by Gasteiger charge is 2.44. The van der Waals surface area contributed by atoms with Gasteiger partial charge in [0.15, 0.2) is 5.78 Å². The van der Waals surface area contributed by atoms with Gasteiger partial charge in [0.25, 0.3) is 5.91 Å². The fourth-order valence-corrected chi connectivity index (χ4v) is 2.79. The minimum absolute atomic E-state index is 0.287. The summed E-state index contributed by atoms with van der Waals surface area (Å²) in [6.45, 7) is 2.00. The Kier molecular flexibility index (Phi) is 4.76. The minimum Gasteiger partial charge on any atom is -0.378 e. The number of carbonyl (C=O) groups excluding carboxylic acids is 2. The summed E-state index contributed by atoms with van der Waals surface area (Å²) >= 11 is 6.44. The van der Waals surface area contributed by atoms with Gasteiger partial charge in [-0.15, -0.1) is 0 Å². The Balaban J connectivity index is 2.16. The zero-order chi connectivity index (χ0) is 13.9. The summed E-state index contributed by atoms with van der Waals surface area (Å²) in [6, 6.07) is 8.73. The van der Waals surface area contributed by atoms with Crippen molar-refractivity contribution in [2.45, 2.75) is 3.23 Å². The van der Waals surface area contributed by atoms with Gasteiger partial charge in [0, 0.05) is 18.7 Å². The number of benzene rings is 1. The fourth-order valence-electron chi connectivity index (χ4n) is 1.83. The van der Waals surface area contributed by atoms with Crippen LogP contribution >= 0.6 is 31.9 Å². The number of ketones is 1. The van der Waals surface area contributed by atoms with E-state index in [9.17, 15) is 9.59 Å². The first-order valence-electron chi connectivity index (χ1n) is 5.88. The Morgan fingerprint density at radius 2 is 1.68 bits per heavy atom. The van der Waals surface area contributed by atoms with Crippen molar-refractivity contribution in [2.75, 3.05) is 26.3 Å². The van der Waals surface area contributed by atoms with E-state index >= 15 is 0 Å². The molecular weight excluding hydrogens is 378 g/mol. The van der Waals surface area contributed by atoms with Crippen LogP contribution in [0.25, 0.3) is 0 Å². The monoisotopic (exact) mass is 389 g/mol. The molecule has 0 atom stereocenters. The number of morpholine rings is 1. The molecule has 6 heteroatoms. The smallest absolute Gasteiger partial charge is 0.258 e. The number of carbonyl (C=O) groups is 2. The third-order valence-electron chi connectivity index (χ3n) is 2.89. The maximum Gasteiger partial charge on any atom is 0.258 e. The molecule has 0 radical (unpaired) electrons. The quantitative estimate of drug-likeness (QED) is 0.451. The Bertz CT molecular complexity index is 470. The molecule has 1 fully saturated rings. The third-order valence-corrected chi connectivity index (χ3v) is 4.29. The van der Waals surface area contributed by atoms with Gasteiger partial charge in [-0.05, 0) is 0 Å². The maximum absolute atomic E-state index is 12.4. The highest BCUT2D eigenvalue weighted by Crippen LogP contribution is 2.33. The lowest BCUT2D eigenvalue weighted by molar-refractivity contribution is -0.134. The van der Waals surface area contributed by atoms with E-state index in [1.165, 1.54) is 0 Å². The van der Waals surface area contributed by atoms with E-state index in [2.05, 4.69) is 31.9 Å². The van der Waals surface area contributed by atoms with Crippen LogP contribution in [0.4, 0.5) is 0 Å². The molecule has 2 rings (SSSR count). The zero-order valence-electron chi connectivity index (χ0n) is 10.1. The van der Waals surface area contributed by atoms with Gasteiger partial charge in [-0.25, -0.2) is 0 Å². The minimum atomic E-state index is -1.40. The fraction of sp³-hybridized carbons (Fsp3) is 0.385. The number of rotatable bonds is 3. The summed E-state index contributed by atoms with van der Waals surface area (Å²) < 4.78 is 3.79. The summed E-state index contributed by atoms with van der Waals surface area (Å²) in [6.07, 6.45) is 0. The number of halogens is 2. The van der Waals surface area contributed by atoms with E-state index in [0.717, 1.165) is 0 Å². The van der Waals surface area contributed by atoms with Crippen molar-refractivity contribution in [2.24, 2.45) is 0 Å². The van der Waals surface area contributed by atoms with E-state index < -0.39 is 3.23 Å². The molecular formula is C13H13Br2NO3. The van der Waals surface area contributed by atoms with Gasteiger partial charge < -0.3 is 9.64 Å². The van der Waals surface area contributed by atoms with Crippen molar-refractivity contribution in [1.82, 2.24) is 4.90 Å². The first-order valence-corrected chi connectivity index (χ1v) is 7.47. The highest BCUT2D eigenvalue weighted by atomic mass is 79.9. The zero-order valence-corrected chi connectivity index (χ0v) is 13.3. The van der Waals surface area contributed by atoms with E-state index in [0.29, 0.717) is 31.9 Å². The molecule has 0 spiro atoms. The van der Waals surface area contributed by atoms with E-state index in [-0.39, 0.29) is 11.7 Å². The molecule has 0 saturated carbocycles. The lowest BCUT2D eigenvalue weighted by Gasteiger charge is -2.31. The molecule has 1 aliphatic rings. The van der Waals surface area contributed by atoms with Crippen LogP contribution in [0.3, 0.4) is 0 Å². The Hall–Kier alpha value is -0.720. The molecule has 102 valence electrons. The van der Waals surface area contributed by atoms with Crippen molar-refractivity contribution in [3.63, 3.8) is 0 Å². The average Bonchev–Trinajstić information content (AvgIpc) is 2.47. The summed E-state index contributed by atoms with van der Waals surface area (Å²) in [5.74, 6) is -0.589. The first-order chi connectivity index (χ1) is 9.03. The predicted octanol–water partition coefficient (Wildman–Crippen LogP) is 2.21. The van der Waals surface area contributed by atoms with E-state index in [1.54, 1.807) is 29.2 Å². The number of amides is 1. The van der Waals surface area contributed by atoms with Crippen LogP contribution in [-0.4, -0.2) is 46.1 Å². The second-order valence-electron chi connectivity index (χ2n) is 4.17. The number of Topliss-reactive ketones (excluding diaryl/α,β-unsaturated/α-hetero) is 1. The molecule has 0 N–H and O–H groups in total. The third kappa shape index (κ3) is 3.24. The van der Waals surface area contributed by atoms with E-state index in [4.69, 9.17) is 4.74 Å². The molecule has 1 heterocycles. The molecule has 1 amide bonds. The first kappa shape index (κ1) is 14.7. The van der Waals surface area contributed by atoms with E-state index in [1.807, 2.05) is 6.07 Å². The summed E-state index contributed by atoms with van der Waals surface area (Å²) in [5.41, 5.74) is 0.484. The number of alkyl halides is 2. The summed E-state index contributed by atoms with van der Waals surface area (Å²) in [5, 5.41) is 0. The van der Waals surface area contributed by atoms with Crippen LogP contribution in [0.5, 0.6) is 0 Å². The van der Waals surface area contributed by atoms with Gasteiger partial charge in [-0.2, -0.15) is 0 Å². The molecule has 4 nitrogen and oxygen atoms in total. The van der Waals surface area contributed by atoms with Gasteiger partial charge in [0.05, 0.1) is 13.2 Å². The molecule has 0 aliphatic carbocycles. The van der Waals surface area contributed by atoms with Crippen LogP contribution in [0, 0.1) is 0 Å². The molecule has 0 unspecified atom stereocenters. The van der Waals surface area contributed by atoms with Gasteiger partial charge in [-0.3, -0.25) is 9.59 Å². The lowest BCUT2D eigenvalue weighted by atomic mass is 10.1. The highest BCUT2D eigenvalue weighted by molar-refractivity contribution is 9.26. The Morgan fingerprint density at radius 3 is 2.26 bits per heavy atom. The molecule has 1 aromatic rings. The Morgan fingerprint density at radius 1 is 1.11 bits per heavy atom. The standard InChI is InChI=1S/C13H13Br2NO3/c14-13(15,11(17)10-4-2-1-3-5-10)12(18)16-6-8-19-9-7-16/h1-5H,6-9H2. The molecule has 1 aliphatic heterocycles. The molecule has 19 heavy (non-hydrogen) atoms. The molecule has 1 aromatic carbocycles. The predicted molar refractivity (Wildman–Crippen MR) is 78.8 cm³/mol. The summed E-state index contributed by atoms with van der Waals surface area (Å²) in [7, 11) is 0. The largest absolute Gasteiger partial charge is 0.378 e. The van der Waals surface area contributed by atoms with Crippen LogP contribution in [0.1, 0.15) is 10.4 Å². The number of hydrogen-bond donors (Lipinski definition) is 0. The van der Waals surface area contributed by atoms with Crippen LogP contribution in [0.15, 0.2) is 30.3 Å². The van der Waals surface area contributed by atoms with Crippen LogP contribution < -0.4 is 0 Å². The number of ether oxygens (including phenoxy) is 1. The lowest BCUT2D eigenvalue weighted by Crippen LogP contribution is -2.50. The molecule has 0 aromatic heterocycles. The van der Waals surface area contributed by atoms with Gasteiger partial charge >= 0.3 is 0 Å². The van der Waals surface area contributed by atoms with Crippen molar-refractivity contribution < 1.29 is 14.3 Å². The summed E-state index contributed by atoms with van der Waals surface area (Å²) in [4.78, 5) is 26.4. The van der Waals surface area contributed by atoms with Crippen molar-refractivity contribution in [3.05, 3.63) is 35.9 Å². The SMILES string of the molecule is O=C(c1ccccc1)C(Br)(Br)C(=O)N1CCOCC1. The second kappa shape index (κ2) is 6.15. The second-order valence-corrected chi connectivity index (χ2v) is 7.62.